The van der Waals surface area contributed by atoms with Crippen molar-refractivity contribution in [3.8, 4) is 17.6 Å². The molecule has 3 aromatic rings. The Kier molecular flexibility index (Phi) is 5.67. The van der Waals surface area contributed by atoms with Crippen molar-refractivity contribution >= 4 is 23.1 Å². The maximum Gasteiger partial charge on any atom is 0.276 e. The van der Waals surface area contributed by atoms with Crippen LogP contribution in [0.1, 0.15) is 16.1 Å². The number of amides is 1. The maximum atomic E-state index is 12.4. The van der Waals surface area contributed by atoms with Gasteiger partial charge in [0.1, 0.15) is 0 Å². The maximum absolute atomic E-state index is 12.4. The zero-order chi connectivity index (χ0) is 19.9. The number of hydrogen-bond donors (Lipinski definition) is 2. The quantitative estimate of drug-likeness (QED) is 0.680. The molecule has 0 unspecified atom stereocenters. The number of hydrogen-bond acceptors (Lipinski definition) is 7. The van der Waals surface area contributed by atoms with Crippen LogP contribution >= 0.6 is 0 Å². The lowest BCUT2D eigenvalue weighted by atomic mass is 10.2. The third kappa shape index (κ3) is 4.34. The van der Waals surface area contributed by atoms with E-state index in [1.807, 2.05) is 0 Å². The highest BCUT2D eigenvalue weighted by Crippen LogP contribution is 2.29. The highest BCUT2D eigenvalue weighted by Gasteiger charge is 2.11. The van der Waals surface area contributed by atoms with E-state index in [9.17, 15) is 4.79 Å². The summed E-state index contributed by atoms with van der Waals surface area (Å²) in [7, 11) is 3.06. The highest BCUT2D eigenvalue weighted by atomic mass is 16.5. The van der Waals surface area contributed by atoms with Gasteiger partial charge < -0.3 is 20.1 Å². The van der Waals surface area contributed by atoms with Crippen LogP contribution in [-0.4, -0.2) is 30.3 Å². The molecule has 2 aromatic carbocycles. The van der Waals surface area contributed by atoms with E-state index in [2.05, 4.69) is 26.9 Å². The molecular formula is C20H17N5O3. The Morgan fingerprint density at radius 2 is 1.79 bits per heavy atom. The zero-order valence-electron chi connectivity index (χ0n) is 15.3. The van der Waals surface area contributed by atoms with Crippen LogP contribution in [-0.2, 0) is 0 Å². The molecule has 0 saturated carbocycles. The molecule has 8 nitrogen and oxygen atoms in total. The molecular weight excluding hydrogens is 358 g/mol. The molecule has 1 aromatic heterocycles. The topological polar surface area (TPSA) is 109 Å². The first-order valence-corrected chi connectivity index (χ1v) is 8.27. The van der Waals surface area contributed by atoms with Gasteiger partial charge in [-0.05, 0) is 42.5 Å². The van der Waals surface area contributed by atoms with E-state index < -0.39 is 5.91 Å². The van der Waals surface area contributed by atoms with Gasteiger partial charge in [-0.1, -0.05) is 6.07 Å². The van der Waals surface area contributed by atoms with Crippen LogP contribution in [0.3, 0.4) is 0 Å². The Hall–Kier alpha value is -4.12. The molecule has 0 atom stereocenters. The van der Waals surface area contributed by atoms with E-state index in [1.165, 1.54) is 14.2 Å². The van der Waals surface area contributed by atoms with Gasteiger partial charge in [-0.15, -0.1) is 10.2 Å². The Morgan fingerprint density at radius 1 is 0.964 bits per heavy atom. The molecule has 140 valence electrons. The van der Waals surface area contributed by atoms with E-state index in [1.54, 1.807) is 54.6 Å². The van der Waals surface area contributed by atoms with Gasteiger partial charge in [-0.3, -0.25) is 4.79 Å². The standard InChI is InChI=1S/C20H17N5O3/c1-27-17-8-6-15(11-18(17)28-2)23-20(26)16-7-9-19(25-24-16)22-14-5-3-4-13(10-14)12-21/h3-11H,1-2H3,(H,22,25)(H,23,26). The molecule has 0 aliphatic carbocycles. The van der Waals surface area contributed by atoms with Crippen LogP contribution < -0.4 is 20.1 Å². The summed E-state index contributed by atoms with van der Waals surface area (Å²) >= 11 is 0. The number of ether oxygens (including phenoxy) is 2. The molecule has 0 fully saturated rings. The predicted molar refractivity (Wildman–Crippen MR) is 104 cm³/mol. The number of nitrogens with one attached hydrogen (secondary N) is 2. The second-order valence-corrected chi connectivity index (χ2v) is 5.65. The van der Waals surface area contributed by atoms with E-state index in [4.69, 9.17) is 14.7 Å². The molecule has 8 heteroatoms. The zero-order valence-corrected chi connectivity index (χ0v) is 15.3. The van der Waals surface area contributed by atoms with Crippen molar-refractivity contribution in [2.45, 2.75) is 0 Å². The smallest absolute Gasteiger partial charge is 0.276 e. The van der Waals surface area contributed by atoms with Gasteiger partial charge in [-0.25, -0.2) is 0 Å². The Bertz CT molecular complexity index is 1030. The van der Waals surface area contributed by atoms with Crippen molar-refractivity contribution in [3.63, 3.8) is 0 Å². The number of rotatable bonds is 6. The molecule has 1 heterocycles. The summed E-state index contributed by atoms with van der Waals surface area (Å²) in [6, 6.07) is 17.3. The minimum absolute atomic E-state index is 0.158. The number of methoxy groups -OCH3 is 2. The second-order valence-electron chi connectivity index (χ2n) is 5.65. The molecule has 0 aliphatic heterocycles. The first-order chi connectivity index (χ1) is 13.6. The van der Waals surface area contributed by atoms with E-state index in [0.29, 0.717) is 34.3 Å². The van der Waals surface area contributed by atoms with E-state index in [0.717, 1.165) is 0 Å². The molecule has 2 N–H and O–H groups in total. The summed E-state index contributed by atoms with van der Waals surface area (Å²) in [6.45, 7) is 0. The van der Waals surface area contributed by atoms with Crippen molar-refractivity contribution < 1.29 is 14.3 Å². The molecule has 0 aliphatic rings. The van der Waals surface area contributed by atoms with Crippen molar-refractivity contribution in [2.75, 3.05) is 24.9 Å². The minimum atomic E-state index is -0.405. The monoisotopic (exact) mass is 375 g/mol. The van der Waals surface area contributed by atoms with Gasteiger partial charge in [-0.2, -0.15) is 5.26 Å². The van der Waals surface area contributed by atoms with Gasteiger partial charge in [0, 0.05) is 17.4 Å². The molecule has 0 radical (unpaired) electrons. The Balaban J connectivity index is 1.69. The van der Waals surface area contributed by atoms with Gasteiger partial charge in [0.05, 0.1) is 25.9 Å². The van der Waals surface area contributed by atoms with Crippen LogP contribution in [0.25, 0.3) is 0 Å². The van der Waals surface area contributed by atoms with E-state index in [-0.39, 0.29) is 5.69 Å². The average Bonchev–Trinajstić information content (AvgIpc) is 2.74. The number of aromatic nitrogens is 2. The fraction of sp³-hybridized carbons (Fsp3) is 0.100. The minimum Gasteiger partial charge on any atom is -0.493 e. The van der Waals surface area contributed by atoms with Gasteiger partial charge >= 0.3 is 0 Å². The van der Waals surface area contributed by atoms with Crippen LogP contribution in [0.5, 0.6) is 11.5 Å². The number of nitriles is 1. The molecule has 28 heavy (non-hydrogen) atoms. The molecule has 3 rings (SSSR count). The molecule has 0 spiro atoms. The first-order valence-electron chi connectivity index (χ1n) is 8.27. The fourth-order valence-electron chi connectivity index (χ4n) is 2.44. The van der Waals surface area contributed by atoms with Crippen molar-refractivity contribution in [3.05, 3.63) is 65.9 Å². The summed E-state index contributed by atoms with van der Waals surface area (Å²) in [4.78, 5) is 12.4. The summed E-state index contributed by atoms with van der Waals surface area (Å²) in [6.07, 6.45) is 0. The van der Waals surface area contributed by atoms with Crippen LogP contribution in [0.4, 0.5) is 17.2 Å². The van der Waals surface area contributed by atoms with Gasteiger partial charge in [0.15, 0.2) is 23.0 Å². The lowest BCUT2D eigenvalue weighted by Crippen LogP contribution is -2.14. The van der Waals surface area contributed by atoms with Gasteiger partial charge in [0.2, 0.25) is 0 Å². The Labute approximate surface area is 161 Å². The number of anilines is 3. The van der Waals surface area contributed by atoms with Gasteiger partial charge in [0.25, 0.3) is 5.91 Å². The number of carbonyl (C=O) groups excluding carboxylic acids is 1. The summed E-state index contributed by atoms with van der Waals surface area (Å²) in [5, 5.41) is 22.7. The average molecular weight is 375 g/mol. The second kappa shape index (κ2) is 8.51. The first kappa shape index (κ1) is 18.7. The predicted octanol–water partition coefficient (Wildman–Crippen LogP) is 3.36. The highest BCUT2D eigenvalue weighted by molar-refractivity contribution is 6.03. The molecule has 0 bridgehead atoms. The number of benzene rings is 2. The van der Waals surface area contributed by atoms with Crippen LogP contribution in [0.2, 0.25) is 0 Å². The molecule has 1 amide bonds. The normalized spacial score (nSPS) is 9.89. The third-order valence-electron chi connectivity index (χ3n) is 3.80. The number of nitrogens with zero attached hydrogens (tertiary/aromatic N) is 3. The summed E-state index contributed by atoms with van der Waals surface area (Å²) in [5.41, 5.74) is 1.94. The SMILES string of the molecule is COc1ccc(NC(=O)c2ccc(Nc3cccc(C#N)c3)nn2)cc1OC. The summed E-state index contributed by atoms with van der Waals surface area (Å²) in [5.74, 6) is 1.12. The van der Waals surface area contributed by atoms with Crippen LogP contribution in [0.15, 0.2) is 54.6 Å². The summed E-state index contributed by atoms with van der Waals surface area (Å²) < 4.78 is 10.4. The van der Waals surface area contributed by atoms with Crippen LogP contribution in [0, 0.1) is 11.3 Å². The van der Waals surface area contributed by atoms with E-state index >= 15 is 0 Å². The lowest BCUT2D eigenvalue weighted by molar-refractivity contribution is 0.102. The molecule has 0 saturated heterocycles. The third-order valence-corrected chi connectivity index (χ3v) is 3.80. The van der Waals surface area contributed by atoms with Crippen molar-refractivity contribution in [1.29, 1.82) is 5.26 Å². The number of carbonyl (C=O) groups is 1. The van der Waals surface area contributed by atoms with Crippen molar-refractivity contribution in [1.82, 2.24) is 10.2 Å². The largest absolute Gasteiger partial charge is 0.493 e. The lowest BCUT2D eigenvalue weighted by Gasteiger charge is -2.10. The fourth-order valence-corrected chi connectivity index (χ4v) is 2.44. The Morgan fingerprint density at radius 3 is 2.46 bits per heavy atom. The van der Waals surface area contributed by atoms with Crippen molar-refractivity contribution in [2.24, 2.45) is 0 Å².